The molecule has 0 spiro atoms. The lowest BCUT2D eigenvalue weighted by molar-refractivity contribution is 0.180. The molecule has 1 heterocycles. The Hall–Kier alpha value is -1.26. The largest absolute Gasteiger partial charge is 0.493 e. The molecule has 2 rings (SSSR count). The van der Waals surface area contributed by atoms with Crippen molar-refractivity contribution in [3.63, 3.8) is 0 Å². The summed E-state index contributed by atoms with van der Waals surface area (Å²) in [6.07, 6.45) is 3.99. The van der Waals surface area contributed by atoms with E-state index in [1.54, 1.807) is 7.11 Å². The van der Waals surface area contributed by atoms with Gasteiger partial charge in [-0.3, -0.25) is 4.90 Å². The summed E-state index contributed by atoms with van der Waals surface area (Å²) >= 11 is 0. The lowest BCUT2D eigenvalue weighted by Crippen LogP contribution is -2.33. The average molecular weight is 264 g/mol. The van der Waals surface area contributed by atoms with Crippen LogP contribution in [0, 0.1) is 0 Å². The number of hydrogen-bond donors (Lipinski definition) is 1. The van der Waals surface area contributed by atoms with Gasteiger partial charge in [-0.1, -0.05) is 12.5 Å². The quantitative estimate of drug-likeness (QED) is 0.854. The molecule has 0 amide bonds. The number of likely N-dealkylation sites (tertiary alicyclic amines) is 1. The molecule has 1 saturated heterocycles. The molecular formula is C15H24N2O2. The van der Waals surface area contributed by atoms with Gasteiger partial charge < -0.3 is 15.2 Å². The predicted molar refractivity (Wildman–Crippen MR) is 76.7 cm³/mol. The summed E-state index contributed by atoms with van der Waals surface area (Å²) in [4.78, 5) is 2.46. The van der Waals surface area contributed by atoms with Crippen molar-refractivity contribution in [2.75, 3.05) is 33.4 Å². The van der Waals surface area contributed by atoms with Crippen molar-refractivity contribution in [1.82, 2.24) is 4.90 Å². The van der Waals surface area contributed by atoms with E-state index in [1.807, 2.05) is 18.2 Å². The van der Waals surface area contributed by atoms with Crippen molar-refractivity contribution < 1.29 is 9.47 Å². The minimum atomic E-state index is 0.520. The molecule has 0 aromatic heterocycles. The van der Waals surface area contributed by atoms with Crippen LogP contribution in [0.15, 0.2) is 18.2 Å². The second-order valence-electron chi connectivity index (χ2n) is 4.94. The number of hydrogen-bond acceptors (Lipinski definition) is 4. The van der Waals surface area contributed by atoms with Crippen molar-refractivity contribution in [1.29, 1.82) is 0 Å². The Morgan fingerprint density at radius 2 is 1.95 bits per heavy atom. The Kier molecular flexibility index (Phi) is 5.48. The zero-order valence-electron chi connectivity index (χ0n) is 11.7. The molecule has 0 radical (unpaired) electrons. The van der Waals surface area contributed by atoms with Crippen LogP contribution in [-0.2, 0) is 6.54 Å². The van der Waals surface area contributed by atoms with E-state index in [2.05, 4.69) is 4.90 Å². The monoisotopic (exact) mass is 264 g/mol. The summed E-state index contributed by atoms with van der Waals surface area (Å²) in [5, 5.41) is 0. The Morgan fingerprint density at radius 3 is 2.63 bits per heavy atom. The number of benzene rings is 1. The first-order valence-corrected chi connectivity index (χ1v) is 7.05. The average Bonchev–Trinajstić information content (AvgIpc) is 2.48. The maximum Gasteiger partial charge on any atom is 0.161 e. The van der Waals surface area contributed by atoms with E-state index in [-0.39, 0.29) is 0 Å². The van der Waals surface area contributed by atoms with E-state index in [4.69, 9.17) is 15.2 Å². The van der Waals surface area contributed by atoms with E-state index in [1.165, 1.54) is 32.4 Å². The van der Waals surface area contributed by atoms with Crippen molar-refractivity contribution in [3.05, 3.63) is 23.8 Å². The van der Waals surface area contributed by atoms with Crippen molar-refractivity contribution in [3.8, 4) is 11.5 Å². The van der Waals surface area contributed by atoms with Gasteiger partial charge in [-0.05, 0) is 43.6 Å². The summed E-state index contributed by atoms with van der Waals surface area (Å²) in [7, 11) is 1.66. The van der Waals surface area contributed by atoms with Crippen molar-refractivity contribution >= 4 is 0 Å². The first-order valence-electron chi connectivity index (χ1n) is 7.05. The molecule has 1 aromatic carbocycles. The summed E-state index contributed by atoms with van der Waals surface area (Å²) in [6, 6.07) is 5.85. The topological polar surface area (TPSA) is 47.7 Å². The highest BCUT2D eigenvalue weighted by Crippen LogP contribution is 2.27. The second kappa shape index (κ2) is 7.36. The minimum absolute atomic E-state index is 0.520. The molecule has 2 N–H and O–H groups in total. The number of methoxy groups -OCH3 is 1. The predicted octanol–water partition coefficient (Wildman–Crippen LogP) is 2.02. The molecule has 0 aliphatic carbocycles. The number of nitrogens with two attached hydrogens (primary N) is 1. The van der Waals surface area contributed by atoms with Crippen LogP contribution in [0.3, 0.4) is 0 Å². The summed E-state index contributed by atoms with van der Waals surface area (Å²) in [5.41, 5.74) is 6.71. The molecule has 1 aliphatic rings. The molecule has 0 atom stereocenters. The van der Waals surface area contributed by atoms with Crippen LogP contribution in [0.5, 0.6) is 11.5 Å². The fraction of sp³-hybridized carbons (Fsp3) is 0.600. The van der Waals surface area contributed by atoms with Gasteiger partial charge in [0.25, 0.3) is 0 Å². The van der Waals surface area contributed by atoms with Gasteiger partial charge in [0.2, 0.25) is 0 Å². The number of ether oxygens (including phenoxy) is 2. The van der Waals surface area contributed by atoms with Crippen LogP contribution in [0.4, 0.5) is 0 Å². The van der Waals surface area contributed by atoms with Gasteiger partial charge in [0, 0.05) is 13.1 Å². The summed E-state index contributed by atoms with van der Waals surface area (Å²) in [5.74, 6) is 1.57. The molecule has 0 saturated carbocycles. The molecule has 1 aromatic rings. The van der Waals surface area contributed by atoms with E-state index in [0.29, 0.717) is 13.2 Å². The second-order valence-corrected chi connectivity index (χ2v) is 4.94. The van der Waals surface area contributed by atoms with E-state index in [0.717, 1.165) is 23.6 Å². The van der Waals surface area contributed by atoms with Gasteiger partial charge in [0.15, 0.2) is 11.5 Å². The number of rotatable bonds is 6. The molecular weight excluding hydrogens is 240 g/mol. The smallest absolute Gasteiger partial charge is 0.161 e. The molecule has 4 nitrogen and oxygen atoms in total. The Balaban J connectivity index is 1.86. The van der Waals surface area contributed by atoms with Crippen LogP contribution in [0.25, 0.3) is 0 Å². The Bertz CT molecular complexity index is 390. The third-order valence-corrected chi connectivity index (χ3v) is 3.58. The number of nitrogens with zero attached hydrogens (tertiary/aromatic N) is 1. The van der Waals surface area contributed by atoms with Gasteiger partial charge in [-0.2, -0.15) is 0 Å². The van der Waals surface area contributed by atoms with Crippen LogP contribution >= 0.6 is 0 Å². The van der Waals surface area contributed by atoms with E-state index in [9.17, 15) is 0 Å². The van der Waals surface area contributed by atoms with E-state index >= 15 is 0 Å². The minimum Gasteiger partial charge on any atom is -0.493 e. The van der Waals surface area contributed by atoms with Crippen LogP contribution in [0.1, 0.15) is 24.8 Å². The van der Waals surface area contributed by atoms with Gasteiger partial charge in [-0.15, -0.1) is 0 Å². The van der Waals surface area contributed by atoms with Crippen molar-refractivity contribution in [2.24, 2.45) is 5.73 Å². The molecule has 0 bridgehead atoms. The maximum atomic E-state index is 5.85. The Morgan fingerprint density at radius 1 is 1.16 bits per heavy atom. The zero-order chi connectivity index (χ0) is 13.5. The third kappa shape index (κ3) is 4.11. The van der Waals surface area contributed by atoms with Gasteiger partial charge in [0.1, 0.15) is 6.61 Å². The van der Waals surface area contributed by atoms with Gasteiger partial charge in [0.05, 0.1) is 7.11 Å². The molecule has 0 unspecified atom stereocenters. The van der Waals surface area contributed by atoms with Gasteiger partial charge in [-0.25, -0.2) is 0 Å². The molecule has 4 heteroatoms. The molecule has 106 valence electrons. The fourth-order valence-corrected chi connectivity index (χ4v) is 2.43. The zero-order valence-corrected chi connectivity index (χ0v) is 11.7. The lowest BCUT2D eigenvalue weighted by atomic mass is 10.1. The SMILES string of the molecule is COc1ccc(CN)cc1OCCN1CCCCC1. The van der Waals surface area contributed by atoms with Crippen LogP contribution < -0.4 is 15.2 Å². The fourth-order valence-electron chi connectivity index (χ4n) is 2.43. The molecule has 19 heavy (non-hydrogen) atoms. The Labute approximate surface area is 115 Å². The summed E-state index contributed by atoms with van der Waals surface area (Å²) < 4.78 is 11.2. The standard InChI is InChI=1S/C15H24N2O2/c1-18-14-6-5-13(12-16)11-15(14)19-10-9-17-7-3-2-4-8-17/h5-6,11H,2-4,7-10,12,16H2,1H3. The van der Waals surface area contributed by atoms with Crippen LogP contribution in [-0.4, -0.2) is 38.3 Å². The highest BCUT2D eigenvalue weighted by molar-refractivity contribution is 5.42. The molecule has 1 aliphatic heterocycles. The normalized spacial score (nSPS) is 16.3. The lowest BCUT2D eigenvalue weighted by Gasteiger charge is -2.26. The maximum absolute atomic E-state index is 5.85. The third-order valence-electron chi connectivity index (χ3n) is 3.58. The molecule has 1 fully saturated rings. The highest BCUT2D eigenvalue weighted by Gasteiger charge is 2.10. The number of piperidine rings is 1. The first kappa shape index (κ1) is 14.2. The highest BCUT2D eigenvalue weighted by atomic mass is 16.5. The van der Waals surface area contributed by atoms with Crippen molar-refractivity contribution in [2.45, 2.75) is 25.8 Å². The first-order chi connectivity index (χ1) is 9.33. The van der Waals surface area contributed by atoms with Crippen LogP contribution in [0.2, 0.25) is 0 Å². The van der Waals surface area contributed by atoms with Gasteiger partial charge >= 0.3 is 0 Å². The summed E-state index contributed by atoms with van der Waals surface area (Å²) in [6.45, 7) is 4.60. The van der Waals surface area contributed by atoms with E-state index < -0.39 is 0 Å².